The smallest absolute Gasteiger partial charge is 0.491 e. The lowest BCUT2D eigenvalue weighted by atomic mass is 9.78. The molecule has 4 rings (SSSR count). The summed E-state index contributed by atoms with van der Waals surface area (Å²) in [5, 5.41) is 19.4. The number of fused-ring (bicyclic) bond motifs is 2. The predicted molar refractivity (Wildman–Crippen MR) is 135 cm³/mol. The molecule has 0 fully saturated rings. The van der Waals surface area contributed by atoms with Gasteiger partial charge in [-0.1, -0.05) is 12.1 Å². The van der Waals surface area contributed by atoms with Gasteiger partial charge in [0, 0.05) is 30.4 Å². The van der Waals surface area contributed by atoms with Crippen molar-refractivity contribution in [1.29, 1.82) is 0 Å². The molecule has 0 bridgehead atoms. The van der Waals surface area contributed by atoms with Gasteiger partial charge in [-0.25, -0.2) is 8.78 Å². The Bertz CT molecular complexity index is 891. The summed E-state index contributed by atoms with van der Waals surface area (Å²) in [6.07, 6.45) is 0.676. The van der Waals surface area contributed by atoms with Gasteiger partial charge in [0.2, 0.25) is 0 Å². The molecule has 2 heterocycles. The van der Waals surface area contributed by atoms with Gasteiger partial charge in [-0.15, -0.1) is 24.0 Å². The van der Waals surface area contributed by atoms with Crippen molar-refractivity contribution in [3.8, 4) is 11.5 Å². The van der Waals surface area contributed by atoms with E-state index in [1.807, 2.05) is 0 Å². The van der Waals surface area contributed by atoms with Crippen molar-refractivity contribution < 1.29 is 37.6 Å². The summed E-state index contributed by atoms with van der Waals surface area (Å²) in [6, 6.07) is 5.74. The molecule has 35 heavy (non-hydrogen) atoms. The second-order valence-corrected chi connectivity index (χ2v) is 7.05. The molecular weight excluding hydrogens is 507 g/mol. The third kappa shape index (κ3) is 6.78. The van der Waals surface area contributed by atoms with Crippen molar-refractivity contribution in [3.05, 3.63) is 47.0 Å². The third-order valence-corrected chi connectivity index (χ3v) is 5.14. The Balaban J connectivity index is 0.000000318. The number of nitrogens with two attached hydrogens (primary N) is 2. The van der Waals surface area contributed by atoms with Crippen LogP contribution in [0.3, 0.4) is 0 Å². The van der Waals surface area contributed by atoms with Crippen molar-refractivity contribution in [3.63, 3.8) is 0 Å². The van der Waals surface area contributed by atoms with Crippen molar-refractivity contribution in [2.45, 2.75) is 26.1 Å². The SMILES string of the molecule is CCOc1c(F)ccc2c1B(O)OC2CN.CCOc1c(F)ccc2c1B(O)OC2CN.CCl.Cl. The zero-order chi connectivity index (χ0) is 25.4. The maximum absolute atomic E-state index is 13.5. The van der Waals surface area contributed by atoms with Crippen LogP contribution in [-0.4, -0.2) is 57.0 Å². The van der Waals surface area contributed by atoms with E-state index in [2.05, 4.69) is 11.6 Å². The van der Waals surface area contributed by atoms with Gasteiger partial charge in [-0.05, 0) is 37.1 Å². The molecule has 194 valence electrons. The minimum atomic E-state index is -1.17. The summed E-state index contributed by atoms with van der Waals surface area (Å²) in [5.74, 6) is -0.881. The van der Waals surface area contributed by atoms with Crippen LogP contribution in [0.1, 0.15) is 37.2 Å². The van der Waals surface area contributed by atoms with Crippen LogP contribution in [0.15, 0.2) is 24.3 Å². The first-order valence-corrected chi connectivity index (χ1v) is 11.5. The van der Waals surface area contributed by atoms with E-state index in [0.29, 0.717) is 35.3 Å². The second-order valence-electron chi connectivity index (χ2n) is 7.05. The number of hydrogen-bond acceptors (Lipinski definition) is 8. The Morgan fingerprint density at radius 3 is 1.46 bits per heavy atom. The monoisotopic (exact) mass is 536 g/mol. The minimum Gasteiger partial charge on any atom is -0.491 e. The highest BCUT2D eigenvalue weighted by molar-refractivity contribution is 6.63. The van der Waals surface area contributed by atoms with E-state index < -0.39 is 38.1 Å². The molecule has 0 saturated heterocycles. The van der Waals surface area contributed by atoms with Crippen LogP contribution in [0.4, 0.5) is 8.78 Å². The van der Waals surface area contributed by atoms with Crippen LogP contribution >= 0.6 is 24.0 Å². The fourth-order valence-electron chi connectivity index (χ4n) is 3.79. The normalized spacial score (nSPS) is 17.3. The van der Waals surface area contributed by atoms with Gasteiger partial charge in [0.05, 0.1) is 25.4 Å². The molecule has 0 aliphatic carbocycles. The lowest BCUT2D eigenvalue weighted by molar-refractivity contribution is 0.197. The molecule has 0 saturated carbocycles. The lowest BCUT2D eigenvalue weighted by Crippen LogP contribution is -2.30. The standard InChI is InChI=1S/2C10H13BFNO3.CH3Cl.ClH/c2*1-2-15-10-7(12)4-3-6-8(5-13)16-11(14)9(6)10;1-2;/h2*3-4,8,14H,2,5,13H2,1H3;1H3;1H. The van der Waals surface area contributed by atoms with Gasteiger partial charge >= 0.3 is 14.2 Å². The maximum Gasteiger partial charge on any atom is 0.495 e. The molecule has 2 aromatic rings. The molecule has 14 heteroatoms. The first-order valence-electron chi connectivity index (χ1n) is 10.7. The number of halogens is 4. The molecule has 2 aliphatic rings. The molecule has 2 aromatic carbocycles. The maximum atomic E-state index is 13.5. The Morgan fingerprint density at radius 2 is 1.17 bits per heavy atom. The molecule has 2 aliphatic heterocycles. The van der Waals surface area contributed by atoms with E-state index in [0.717, 1.165) is 0 Å². The van der Waals surface area contributed by atoms with Crippen molar-refractivity contribution >= 4 is 49.2 Å². The minimum absolute atomic E-state index is 0. The molecule has 6 N–H and O–H groups in total. The first kappa shape index (κ1) is 31.4. The number of alkyl halides is 1. The zero-order valence-electron chi connectivity index (χ0n) is 19.7. The lowest BCUT2D eigenvalue weighted by Gasteiger charge is -2.11. The highest BCUT2D eigenvalue weighted by Crippen LogP contribution is 2.30. The molecule has 0 amide bonds. The van der Waals surface area contributed by atoms with Crippen molar-refractivity contribution in [2.24, 2.45) is 11.5 Å². The summed E-state index contributed by atoms with van der Waals surface area (Å²) in [4.78, 5) is 0. The largest absolute Gasteiger partial charge is 0.495 e. The molecule has 2 unspecified atom stereocenters. The molecule has 0 spiro atoms. The van der Waals surface area contributed by atoms with Crippen LogP contribution in [0, 0.1) is 11.6 Å². The second kappa shape index (κ2) is 14.8. The van der Waals surface area contributed by atoms with Crippen LogP contribution < -0.4 is 31.9 Å². The van der Waals surface area contributed by atoms with Crippen LogP contribution in [0.25, 0.3) is 0 Å². The number of hydrogen-bond donors (Lipinski definition) is 4. The molecule has 8 nitrogen and oxygen atoms in total. The molecule has 0 radical (unpaired) electrons. The Hall–Kier alpha value is -1.63. The Morgan fingerprint density at radius 1 is 0.829 bits per heavy atom. The zero-order valence-corrected chi connectivity index (χ0v) is 21.2. The van der Waals surface area contributed by atoms with E-state index in [4.69, 9.17) is 30.2 Å². The quantitative estimate of drug-likeness (QED) is 0.320. The Kier molecular flexibility index (Phi) is 13.3. The summed E-state index contributed by atoms with van der Waals surface area (Å²) >= 11 is 4.64. The average molecular weight is 537 g/mol. The van der Waals surface area contributed by atoms with E-state index >= 15 is 0 Å². The fraction of sp³-hybridized carbons (Fsp3) is 0.429. The molecule has 2 atom stereocenters. The summed E-state index contributed by atoms with van der Waals surface area (Å²) in [6.45, 7) is 4.63. The topological polar surface area (TPSA) is 129 Å². The fourth-order valence-corrected chi connectivity index (χ4v) is 3.79. The molecule has 0 aromatic heterocycles. The van der Waals surface area contributed by atoms with Crippen LogP contribution in [0.5, 0.6) is 11.5 Å². The van der Waals surface area contributed by atoms with Gasteiger partial charge in [0.1, 0.15) is 0 Å². The van der Waals surface area contributed by atoms with E-state index in [1.165, 1.54) is 18.5 Å². The summed E-state index contributed by atoms with van der Waals surface area (Å²) < 4.78 is 47.8. The predicted octanol–water partition coefficient (Wildman–Crippen LogP) is 1.16. The average Bonchev–Trinajstić information content (AvgIpc) is 3.35. The molecular formula is C21H30B2Cl2F2N2O6. The van der Waals surface area contributed by atoms with Gasteiger partial charge in [-0.3, -0.25) is 0 Å². The van der Waals surface area contributed by atoms with Crippen LogP contribution in [0.2, 0.25) is 0 Å². The number of ether oxygens (including phenoxy) is 2. The highest BCUT2D eigenvalue weighted by Gasteiger charge is 2.39. The third-order valence-electron chi connectivity index (χ3n) is 5.14. The number of benzene rings is 2. The van der Waals surface area contributed by atoms with Gasteiger partial charge in [0.25, 0.3) is 0 Å². The van der Waals surface area contributed by atoms with Gasteiger partial charge < -0.3 is 40.3 Å². The van der Waals surface area contributed by atoms with E-state index in [9.17, 15) is 18.8 Å². The van der Waals surface area contributed by atoms with Gasteiger partial charge in [0.15, 0.2) is 23.1 Å². The van der Waals surface area contributed by atoms with Crippen molar-refractivity contribution in [1.82, 2.24) is 0 Å². The first-order chi connectivity index (χ1) is 16.4. The van der Waals surface area contributed by atoms with E-state index in [-0.39, 0.29) is 37.0 Å². The highest BCUT2D eigenvalue weighted by atomic mass is 35.5. The van der Waals surface area contributed by atoms with Crippen LogP contribution in [-0.2, 0) is 9.31 Å². The Labute approximate surface area is 215 Å². The van der Waals surface area contributed by atoms with E-state index in [1.54, 1.807) is 26.0 Å². The number of rotatable bonds is 6. The van der Waals surface area contributed by atoms with Gasteiger partial charge in [-0.2, -0.15) is 0 Å². The van der Waals surface area contributed by atoms with Crippen molar-refractivity contribution in [2.75, 3.05) is 32.7 Å². The summed E-state index contributed by atoms with van der Waals surface area (Å²) in [5.41, 5.74) is 13.1. The summed E-state index contributed by atoms with van der Waals surface area (Å²) in [7, 11) is -2.33.